The second kappa shape index (κ2) is 8.43. The van der Waals surface area contributed by atoms with Gasteiger partial charge in [-0.3, -0.25) is 9.69 Å². The van der Waals surface area contributed by atoms with Crippen molar-refractivity contribution in [3.63, 3.8) is 0 Å². The van der Waals surface area contributed by atoms with E-state index in [9.17, 15) is 13.6 Å². The van der Waals surface area contributed by atoms with E-state index >= 15 is 0 Å². The Labute approximate surface area is 156 Å². The summed E-state index contributed by atoms with van der Waals surface area (Å²) >= 11 is 5.90. The molecule has 0 aliphatic carbocycles. The van der Waals surface area contributed by atoms with Gasteiger partial charge in [-0.05, 0) is 29.8 Å². The first kappa shape index (κ1) is 18.5. The SMILES string of the molecule is O=C(C=CN1CCN(Cc2ccc(Cl)cc2)CC1)c1c(F)cccc1F. The highest BCUT2D eigenvalue weighted by Gasteiger charge is 2.17. The fourth-order valence-corrected chi connectivity index (χ4v) is 3.03. The van der Waals surface area contributed by atoms with E-state index in [4.69, 9.17) is 11.6 Å². The fourth-order valence-electron chi connectivity index (χ4n) is 2.91. The van der Waals surface area contributed by atoms with Crippen molar-refractivity contribution in [2.75, 3.05) is 26.2 Å². The molecule has 0 unspecified atom stereocenters. The number of carbonyl (C=O) groups is 1. The van der Waals surface area contributed by atoms with Gasteiger partial charge in [-0.15, -0.1) is 0 Å². The van der Waals surface area contributed by atoms with E-state index in [0.29, 0.717) is 0 Å². The Balaban J connectivity index is 1.53. The molecule has 1 aliphatic heterocycles. The van der Waals surface area contributed by atoms with Crippen LogP contribution in [0.5, 0.6) is 0 Å². The number of rotatable bonds is 5. The third-order valence-electron chi connectivity index (χ3n) is 4.37. The lowest BCUT2D eigenvalue weighted by Gasteiger charge is -2.34. The summed E-state index contributed by atoms with van der Waals surface area (Å²) in [6.45, 7) is 4.02. The first-order chi connectivity index (χ1) is 12.5. The predicted octanol–water partition coefficient (Wildman–Crippen LogP) is 4.13. The third-order valence-corrected chi connectivity index (χ3v) is 4.62. The van der Waals surface area contributed by atoms with E-state index in [1.54, 1.807) is 6.20 Å². The van der Waals surface area contributed by atoms with E-state index in [1.165, 1.54) is 17.7 Å². The summed E-state index contributed by atoms with van der Waals surface area (Å²) in [6.07, 6.45) is 2.85. The zero-order chi connectivity index (χ0) is 18.5. The molecule has 3 nitrogen and oxygen atoms in total. The van der Waals surface area contributed by atoms with E-state index in [0.717, 1.165) is 49.9 Å². The van der Waals surface area contributed by atoms with Crippen LogP contribution in [-0.4, -0.2) is 41.8 Å². The van der Waals surface area contributed by atoms with Gasteiger partial charge in [0.2, 0.25) is 0 Å². The maximum Gasteiger partial charge on any atom is 0.193 e. The molecule has 2 aromatic carbocycles. The van der Waals surface area contributed by atoms with Crippen molar-refractivity contribution >= 4 is 17.4 Å². The molecule has 1 fully saturated rings. The van der Waals surface area contributed by atoms with E-state index in [2.05, 4.69) is 4.90 Å². The minimum Gasteiger partial charge on any atom is -0.375 e. The Hall–Kier alpha value is -2.24. The molecular weight excluding hydrogens is 358 g/mol. The first-order valence-electron chi connectivity index (χ1n) is 8.40. The average Bonchev–Trinajstić information content (AvgIpc) is 2.63. The van der Waals surface area contributed by atoms with Crippen molar-refractivity contribution in [1.82, 2.24) is 9.80 Å². The van der Waals surface area contributed by atoms with Gasteiger partial charge in [0.05, 0.1) is 5.56 Å². The molecule has 6 heteroatoms. The summed E-state index contributed by atoms with van der Waals surface area (Å²) in [4.78, 5) is 16.3. The highest BCUT2D eigenvalue weighted by molar-refractivity contribution is 6.30. The molecule has 1 saturated heterocycles. The first-order valence-corrected chi connectivity index (χ1v) is 8.78. The smallest absolute Gasteiger partial charge is 0.193 e. The highest BCUT2D eigenvalue weighted by atomic mass is 35.5. The van der Waals surface area contributed by atoms with E-state index in [-0.39, 0.29) is 0 Å². The monoisotopic (exact) mass is 376 g/mol. The normalized spacial score (nSPS) is 15.6. The van der Waals surface area contributed by atoms with Gasteiger partial charge in [0, 0.05) is 50.0 Å². The maximum absolute atomic E-state index is 13.6. The zero-order valence-corrected chi connectivity index (χ0v) is 14.9. The van der Waals surface area contributed by atoms with Crippen LogP contribution < -0.4 is 0 Å². The molecule has 136 valence electrons. The van der Waals surface area contributed by atoms with Gasteiger partial charge in [0.1, 0.15) is 11.6 Å². The number of carbonyl (C=O) groups excluding carboxylic acids is 1. The number of piperazine rings is 1. The van der Waals surface area contributed by atoms with Gasteiger partial charge in [0.25, 0.3) is 0 Å². The predicted molar refractivity (Wildman–Crippen MR) is 98.1 cm³/mol. The number of benzene rings is 2. The molecule has 0 spiro atoms. The quantitative estimate of drug-likeness (QED) is 0.579. The number of allylic oxidation sites excluding steroid dienone is 1. The number of ketones is 1. The average molecular weight is 377 g/mol. The fraction of sp³-hybridized carbons (Fsp3) is 0.250. The van der Waals surface area contributed by atoms with Gasteiger partial charge >= 0.3 is 0 Å². The largest absolute Gasteiger partial charge is 0.375 e. The lowest BCUT2D eigenvalue weighted by Crippen LogP contribution is -2.43. The summed E-state index contributed by atoms with van der Waals surface area (Å²) in [7, 11) is 0. The van der Waals surface area contributed by atoms with Gasteiger partial charge < -0.3 is 4.90 Å². The minimum atomic E-state index is -0.840. The molecule has 26 heavy (non-hydrogen) atoms. The molecule has 1 aliphatic rings. The van der Waals surface area contributed by atoms with Crippen LogP contribution in [-0.2, 0) is 6.54 Å². The van der Waals surface area contributed by atoms with Gasteiger partial charge in [-0.1, -0.05) is 29.8 Å². The maximum atomic E-state index is 13.6. The van der Waals surface area contributed by atoms with Crippen molar-refractivity contribution < 1.29 is 13.6 Å². The third kappa shape index (κ3) is 4.68. The van der Waals surface area contributed by atoms with Crippen LogP contribution in [0.15, 0.2) is 54.7 Å². The molecule has 0 N–H and O–H groups in total. The van der Waals surface area contributed by atoms with E-state index in [1.807, 2.05) is 29.2 Å². The van der Waals surface area contributed by atoms with Gasteiger partial charge in [0.15, 0.2) is 5.78 Å². The number of hydrogen-bond donors (Lipinski definition) is 0. The summed E-state index contributed by atoms with van der Waals surface area (Å²) in [6, 6.07) is 11.2. The van der Waals surface area contributed by atoms with Crippen molar-refractivity contribution in [3.05, 3.63) is 82.5 Å². The second-order valence-corrected chi connectivity index (χ2v) is 6.65. The molecule has 0 aromatic heterocycles. The second-order valence-electron chi connectivity index (χ2n) is 6.22. The number of nitrogens with zero attached hydrogens (tertiary/aromatic N) is 2. The molecule has 0 radical (unpaired) electrons. The molecule has 3 rings (SSSR count). The lowest BCUT2D eigenvalue weighted by molar-refractivity contribution is 0.103. The van der Waals surface area contributed by atoms with E-state index < -0.39 is 23.0 Å². The summed E-state index contributed by atoms with van der Waals surface area (Å²) in [5, 5.41) is 0.722. The van der Waals surface area contributed by atoms with Crippen LogP contribution >= 0.6 is 11.6 Å². The molecule has 0 atom stereocenters. The molecule has 0 bridgehead atoms. The van der Waals surface area contributed by atoms with Gasteiger partial charge in [-0.25, -0.2) is 8.78 Å². The molecular formula is C20H19ClF2N2O. The molecule has 1 heterocycles. The Morgan fingerprint density at radius 1 is 1.00 bits per heavy atom. The number of hydrogen-bond acceptors (Lipinski definition) is 3. The number of halogens is 3. The van der Waals surface area contributed by atoms with Crippen LogP contribution in [0.3, 0.4) is 0 Å². The van der Waals surface area contributed by atoms with Crippen molar-refractivity contribution in [2.45, 2.75) is 6.54 Å². The molecule has 0 amide bonds. The lowest BCUT2D eigenvalue weighted by atomic mass is 10.1. The standard InChI is InChI=1S/C20H19ClF2N2O/c21-16-6-4-15(5-7-16)14-25-12-10-24(11-13-25)9-8-19(26)20-17(22)2-1-3-18(20)23/h1-9H,10-14H2. The zero-order valence-electron chi connectivity index (χ0n) is 14.2. The van der Waals surface area contributed by atoms with Crippen LogP contribution in [0.1, 0.15) is 15.9 Å². The Bertz CT molecular complexity index is 780. The highest BCUT2D eigenvalue weighted by Crippen LogP contribution is 2.15. The molecule has 2 aromatic rings. The van der Waals surface area contributed by atoms with Crippen molar-refractivity contribution in [1.29, 1.82) is 0 Å². The van der Waals surface area contributed by atoms with Crippen molar-refractivity contribution in [3.8, 4) is 0 Å². The van der Waals surface area contributed by atoms with Crippen LogP contribution in [0.25, 0.3) is 0 Å². The Morgan fingerprint density at radius 2 is 1.62 bits per heavy atom. The topological polar surface area (TPSA) is 23.6 Å². The minimum absolute atomic E-state index is 0.509. The van der Waals surface area contributed by atoms with Gasteiger partial charge in [-0.2, -0.15) is 0 Å². The van der Waals surface area contributed by atoms with Crippen LogP contribution in [0.2, 0.25) is 5.02 Å². The van der Waals surface area contributed by atoms with Crippen LogP contribution in [0.4, 0.5) is 8.78 Å². The summed E-state index contributed by atoms with van der Waals surface area (Å²) < 4.78 is 27.3. The Kier molecular flexibility index (Phi) is 6.01. The molecule has 0 saturated carbocycles. The Morgan fingerprint density at radius 3 is 2.23 bits per heavy atom. The summed E-state index contributed by atoms with van der Waals surface area (Å²) in [5.74, 6) is -2.34. The van der Waals surface area contributed by atoms with Crippen LogP contribution in [0, 0.1) is 11.6 Å². The van der Waals surface area contributed by atoms with Crippen molar-refractivity contribution in [2.24, 2.45) is 0 Å². The summed E-state index contributed by atoms with van der Waals surface area (Å²) in [5.41, 5.74) is 0.689.